The van der Waals surface area contributed by atoms with Gasteiger partial charge in [0.2, 0.25) is 0 Å². The highest BCUT2D eigenvalue weighted by Gasteiger charge is 2.44. The Hall–Kier alpha value is -1.59. The number of β-amino-alcohol motifs (C(OH)–C–C–N with tert-alkyl or cyclic N) is 1. The van der Waals surface area contributed by atoms with Crippen LogP contribution < -0.4 is 10.6 Å². The van der Waals surface area contributed by atoms with E-state index in [1.54, 1.807) is 0 Å². The van der Waals surface area contributed by atoms with Crippen molar-refractivity contribution in [1.29, 1.82) is 0 Å². The molecule has 1 aromatic carbocycles. The van der Waals surface area contributed by atoms with Gasteiger partial charge in [0, 0.05) is 18.6 Å². The van der Waals surface area contributed by atoms with E-state index in [1.165, 1.54) is 30.4 Å². The first kappa shape index (κ1) is 18.2. The van der Waals surface area contributed by atoms with E-state index < -0.39 is 6.10 Å². The third kappa shape index (κ3) is 5.44. The zero-order valence-electron chi connectivity index (χ0n) is 15.3. The zero-order valence-corrected chi connectivity index (χ0v) is 15.3. The third-order valence-corrected chi connectivity index (χ3v) is 5.44. The topological polar surface area (TPSA) is 64.6 Å². The number of rotatable bonds is 7. The second-order valence-corrected chi connectivity index (χ2v) is 7.73. The summed E-state index contributed by atoms with van der Waals surface area (Å²) in [5.74, 6) is 0. The van der Waals surface area contributed by atoms with Crippen molar-refractivity contribution < 1.29 is 9.90 Å². The molecular weight excluding hydrogens is 314 g/mol. The van der Waals surface area contributed by atoms with Crippen LogP contribution in [0.1, 0.15) is 43.2 Å². The monoisotopic (exact) mass is 345 g/mol. The molecule has 1 aromatic rings. The van der Waals surface area contributed by atoms with E-state index in [2.05, 4.69) is 40.7 Å². The van der Waals surface area contributed by atoms with Gasteiger partial charge in [-0.25, -0.2) is 4.79 Å². The molecule has 0 spiro atoms. The van der Waals surface area contributed by atoms with Crippen LogP contribution in [0.3, 0.4) is 0 Å². The maximum absolute atomic E-state index is 12.2. The molecule has 25 heavy (non-hydrogen) atoms. The Morgan fingerprint density at radius 3 is 2.64 bits per heavy atom. The van der Waals surface area contributed by atoms with Gasteiger partial charge in [0.25, 0.3) is 0 Å². The Bertz CT molecular complexity index is 580. The summed E-state index contributed by atoms with van der Waals surface area (Å²) in [4.78, 5) is 14.5. The van der Waals surface area contributed by atoms with Gasteiger partial charge in [-0.05, 0) is 63.2 Å². The number of carbonyl (C=O) groups is 1. The van der Waals surface area contributed by atoms with Gasteiger partial charge < -0.3 is 20.6 Å². The second kappa shape index (κ2) is 8.19. The second-order valence-electron chi connectivity index (χ2n) is 7.73. The molecule has 0 bridgehead atoms. The van der Waals surface area contributed by atoms with Crippen molar-refractivity contribution in [1.82, 2.24) is 15.5 Å². The predicted octanol–water partition coefficient (Wildman–Crippen LogP) is 2.22. The van der Waals surface area contributed by atoms with Crippen LogP contribution in [0.15, 0.2) is 24.3 Å². The summed E-state index contributed by atoms with van der Waals surface area (Å²) in [5, 5.41) is 16.1. The average molecular weight is 345 g/mol. The van der Waals surface area contributed by atoms with Crippen molar-refractivity contribution in [2.75, 3.05) is 26.2 Å². The fourth-order valence-corrected chi connectivity index (χ4v) is 3.67. The lowest BCUT2D eigenvalue weighted by molar-refractivity contribution is 0.101. The molecule has 2 aliphatic rings. The summed E-state index contributed by atoms with van der Waals surface area (Å²) >= 11 is 0. The molecule has 1 saturated heterocycles. The fraction of sp³-hybridized carbons (Fsp3) is 0.650. The number of nitrogens with zero attached hydrogens (tertiary/aromatic N) is 1. The van der Waals surface area contributed by atoms with Crippen LogP contribution in [-0.2, 0) is 6.42 Å². The van der Waals surface area contributed by atoms with Gasteiger partial charge in [-0.15, -0.1) is 0 Å². The third-order valence-electron chi connectivity index (χ3n) is 5.44. The number of nitrogens with one attached hydrogen (secondary N) is 2. The molecule has 1 atom stereocenters. The number of hydrogen-bond acceptors (Lipinski definition) is 3. The number of hydrogen-bond donors (Lipinski definition) is 3. The largest absolute Gasteiger partial charge is 0.390 e. The molecular formula is C20H31N3O2. The summed E-state index contributed by atoms with van der Waals surface area (Å²) < 4.78 is 0. The van der Waals surface area contributed by atoms with Gasteiger partial charge in [-0.2, -0.15) is 0 Å². The molecule has 3 N–H and O–H groups in total. The van der Waals surface area contributed by atoms with E-state index in [0.717, 1.165) is 32.4 Å². The molecule has 1 saturated carbocycles. The molecule has 1 unspecified atom stereocenters. The van der Waals surface area contributed by atoms with Crippen molar-refractivity contribution in [2.24, 2.45) is 0 Å². The summed E-state index contributed by atoms with van der Waals surface area (Å²) in [7, 11) is 0. The number of aryl methyl sites for hydroxylation is 1. The smallest absolute Gasteiger partial charge is 0.315 e. The van der Waals surface area contributed by atoms with E-state index >= 15 is 0 Å². The first-order valence-electron chi connectivity index (χ1n) is 9.57. The molecule has 3 rings (SSSR count). The fourth-order valence-electron chi connectivity index (χ4n) is 3.67. The number of carbonyl (C=O) groups excluding carboxylic acids is 1. The molecule has 138 valence electrons. The van der Waals surface area contributed by atoms with Gasteiger partial charge in [0.05, 0.1) is 6.10 Å². The highest BCUT2D eigenvalue weighted by Crippen LogP contribution is 2.39. The SMILES string of the molecule is Cc1ccccc1CC1(NC(=O)NCC(O)CN2CCCCC2)CC1. The summed E-state index contributed by atoms with van der Waals surface area (Å²) in [5.41, 5.74) is 2.46. The minimum absolute atomic E-state index is 0.103. The van der Waals surface area contributed by atoms with E-state index in [-0.39, 0.29) is 11.6 Å². The summed E-state index contributed by atoms with van der Waals surface area (Å²) in [6.45, 7) is 5.19. The molecule has 1 aliphatic heterocycles. The first-order chi connectivity index (χ1) is 12.1. The standard InChI is InChI=1S/C20H31N3O2/c1-16-7-3-4-8-17(16)13-20(9-10-20)22-19(25)21-14-18(24)15-23-11-5-2-6-12-23/h3-4,7-8,18,24H,2,5-6,9-15H2,1H3,(H2,21,22,25). The van der Waals surface area contributed by atoms with Crippen LogP contribution >= 0.6 is 0 Å². The molecule has 1 heterocycles. The number of aliphatic hydroxyl groups excluding tert-OH is 1. The van der Waals surface area contributed by atoms with Crippen LogP contribution in [0.2, 0.25) is 0 Å². The van der Waals surface area contributed by atoms with Crippen LogP contribution in [-0.4, -0.2) is 53.9 Å². The Kier molecular flexibility index (Phi) is 5.97. The van der Waals surface area contributed by atoms with E-state index in [4.69, 9.17) is 0 Å². The van der Waals surface area contributed by atoms with Crippen molar-refractivity contribution in [3.8, 4) is 0 Å². The van der Waals surface area contributed by atoms with Gasteiger partial charge in [-0.1, -0.05) is 30.7 Å². The summed E-state index contributed by atoms with van der Waals surface area (Å²) in [6, 6.07) is 8.18. The zero-order chi connectivity index (χ0) is 17.7. The normalized spacial score (nSPS) is 20.7. The van der Waals surface area contributed by atoms with Gasteiger partial charge in [0.15, 0.2) is 0 Å². The minimum atomic E-state index is -0.504. The number of benzene rings is 1. The van der Waals surface area contributed by atoms with Crippen LogP contribution in [0, 0.1) is 6.92 Å². The Morgan fingerprint density at radius 1 is 1.24 bits per heavy atom. The number of piperidine rings is 1. The highest BCUT2D eigenvalue weighted by atomic mass is 16.3. The predicted molar refractivity (Wildman–Crippen MR) is 99.7 cm³/mol. The van der Waals surface area contributed by atoms with Gasteiger partial charge in [0.1, 0.15) is 0 Å². The van der Waals surface area contributed by atoms with E-state index in [1.807, 2.05) is 6.07 Å². The van der Waals surface area contributed by atoms with Gasteiger partial charge in [-0.3, -0.25) is 0 Å². The quantitative estimate of drug-likeness (QED) is 0.710. The van der Waals surface area contributed by atoms with Crippen LogP contribution in [0.25, 0.3) is 0 Å². The highest BCUT2D eigenvalue weighted by molar-refractivity contribution is 5.75. The Morgan fingerprint density at radius 2 is 1.96 bits per heavy atom. The van der Waals surface area contributed by atoms with Crippen molar-refractivity contribution >= 4 is 6.03 Å². The van der Waals surface area contributed by atoms with E-state index in [9.17, 15) is 9.90 Å². The van der Waals surface area contributed by atoms with Crippen LogP contribution in [0.5, 0.6) is 0 Å². The van der Waals surface area contributed by atoms with Crippen LogP contribution in [0.4, 0.5) is 4.79 Å². The molecule has 1 aliphatic carbocycles. The van der Waals surface area contributed by atoms with Crippen molar-refractivity contribution in [2.45, 2.75) is 57.1 Å². The lowest BCUT2D eigenvalue weighted by atomic mass is 10.00. The number of likely N-dealkylation sites (tertiary alicyclic amines) is 1. The molecule has 5 nitrogen and oxygen atoms in total. The molecule has 5 heteroatoms. The molecule has 0 aromatic heterocycles. The maximum atomic E-state index is 12.2. The lowest BCUT2D eigenvalue weighted by Gasteiger charge is -2.28. The van der Waals surface area contributed by atoms with E-state index in [0.29, 0.717) is 13.1 Å². The Balaban J connectivity index is 1.40. The number of urea groups is 1. The molecule has 0 radical (unpaired) electrons. The molecule has 2 amide bonds. The van der Waals surface area contributed by atoms with Crippen molar-refractivity contribution in [3.05, 3.63) is 35.4 Å². The minimum Gasteiger partial charge on any atom is -0.390 e. The molecule has 2 fully saturated rings. The average Bonchev–Trinajstić information content (AvgIpc) is 3.35. The maximum Gasteiger partial charge on any atom is 0.315 e. The number of aliphatic hydroxyl groups is 1. The lowest BCUT2D eigenvalue weighted by Crippen LogP contribution is -2.48. The first-order valence-corrected chi connectivity index (χ1v) is 9.57. The number of amides is 2. The van der Waals surface area contributed by atoms with Crippen molar-refractivity contribution in [3.63, 3.8) is 0 Å². The summed E-state index contributed by atoms with van der Waals surface area (Å²) in [6.07, 6.45) is 6.12. The van der Waals surface area contributed by atoms with Gasteiger partial charge >= 0.3 is 6.03 Å². The Labute approximate surface area is 150 Å².